The second kappa shape index (κ2) is 6.43. The number of nitrogens with two attached hydrogens (primary N) is 1. The summed E-state index contributed by atoms with van der Waals surface area (Å²) >= 11 is 0. The Bertz CT molecular complexity index is 907. The van der Waals surface area contributed by atoms with Gasteiger partial charge in [-0.2, -0.15) is 5.26 Å². The van der Waals surface area contributed by atoms with E-state index in [0.29, 0.717) is 17.1 Å². The molecule has 0 spiro atoms. The minimum Gasteiger partial charge on any atom is -0.480 e. The fourth-order valence-electron chi connectivity index (χ4n) is 2.54. The first kappa shape index (κ1) is 15.6. The highest BCUT2D eigenvalue weighted by Gasteiger charge is 2.15. The quantitative estimate of drug-likeness (QED) is 0.736. The summed E-state index contributed by atoms with van der Waals surface area (Å²) < 4.78 is 5.35. The summed E-state index contributed by atoms with van der Waals surface area (Å²) in [7, 11) is 1.52. The predicted octanol–water partition coefficient (Wildman–Crippen LogP) is 4.19. The van der Waals surface area contributed by atoms with Gasteiger partial charge in [-0.05, 0) is 30.7 Å². The van der Waals surface area contributed by atoms with Crippen LogP contribution >= 0.6 is 0 Å². The number of hydrogen-bond donors (Lipinski definition) is 1. The minimum absolute atomic E-state index is 0.322. The summed E-state index contributed by atoms with van der Waals surface area (Å²) in [5.74, 6) is 0.322. The summed E-state index contributed by atoms with van der Waals surface area (Å²) in [5.41, 5.74) is 11.5. The van der Waals surface area contributed by atoms with Crippen LogP contribution in [0.3, 0.4) is 0 Å². The maximum atomic E-state index is 9.56. The number of anilines is 1. The molecule has 0 fully saturated rings. The lowest BCUT2D eigenvalue weighted by Gasteiger charge is -2.12. The maximum absolute atomic E-state index is 9.56. The van der Waals surface area contributed by atoms with Gasteiger partial charge in [0.1, 0.15) is 11.6 Å². The van der Waals surface area contributed by atoms with Gasteiger partial charge in [0, 0.05) is 16.8 Å². The van der Waals surface area contributed by atoms with Gasteiger partial charge in [0.25, 0.3) is 0 Å². The van der Waals surface area contributed by atoms with Crippen molar-refractivity contribution in [1.82, 2.24) is 4.98 Å². The van der Waals surface area contributed by atoms with Crippen LogP contribution in [-0.2, 0) is 0 Å². The molecule has 1 heterocycles. The van der Waals surface area contributed by atoms with Crippen LogP contribution in [0.1, 0.15) is 11.1 Å². The number of rotatable bonds is 3. The number of pyridine rings is 1. The first-order valence-electron chi connectivity index (χ1n) is 7.54. The molecule has 1 aromatic heterocycles. The zero-order chi connectivity index (χ0) is 17.1. The molecule has 0 saturated heterocycles. The molecule has 118 valence electrons. The third-order valence-electron chi connectivity index (χ3n) is 3.86. The van der Waals surface area contributed by atoms with Crippen molar-refractivity contribution in [3.8, 4) is 34.3 Å². The Morgan fingerprint density at radius 3 is 2.21 bits per heavy atom. The molecule has 0 aliphatic rings. The lowest BCUT2D eigenvalue weighted by molar-refractivity contribution is 0.397. The first-order valence-corrected chi connectivity index (χ1v) is 7.54. The van der Waals surface area contributed by atoms with E-state index in [2.05, 4.69) is 11.1 Å². The van der Waals surface area contributed by atoms with Gasteiger partial charge in [0.05, 0.1) is 12.8 Å². The smallest absolute Gasteiger partial charge is 0.232 e. The molecule has 24 heavy (non-hydrogen) atoms. The molecule has 0 saturated carbocycles. The fourth-order valence-corrected chi connectivity index (χ4v) is 2.54. The largest absolute Gasteiger partial charge is 0.480 e. The summed E-state index contributed by atoms with van der Waals surface area (Å²) in [4.78, 5) is 4.48. The Balaban J connectivity index is 2.23. The van der Waals surface area contributed by atoms with Crippen molar-refractivity contribution in [3.05, 3.63) is 65.7 Å². The maximum Gasteiger partial charge on any atom is 0.232 e. The van der Waals surface area contributed by atoms with E-state index in [0.717, 1.165) is 27.9 Å². The minimum atomic E-state index is 0.322. The number of aryl methyl sites for hydroxylation is 1. The van der Waals surface area contributed by atoms with E-state index in [4.69, 9.17) is 10.5 Å². The van der Waals surface area contributed by atoms with Crippen LogP contribution in [0.15, 0.2) is 54.6 Å². The zero-order valence-corrected chi connectivity index (χ0v) is 13.6. The van der Waals surface area contributed by atoms with Gasteiger partial charge in [-0.3, -0.25) is 0 Å². The molecule has 0 unspecified atom stereocenters. The molecule has 0 aliphatic carbocycles. The van der Waals surface area contributed by atoms with Crippen LogP contribution in [0.4, 0.5) is 5.69 Å². The van der Waals surface area contributed by atoms with Crippen LogP contribution in [0, 0.1) is 18.3 Å². The Kier molecular flexibility index (Phi) is 4.17. The summed E-state index contributed by atoms with van der Waals surface area (Å²) in [6, 6.07) is 19.6. The topological polar surface area (TPSA) is 71.9 Å². The molecular weight excluding hydrogens is 298 g/mol. The van der Waals surface area contributed by atoms with Gasteiger partial charge in [-0.1, -0.05) is 42.0 Å². The van der Waals surface area contributed by atoms with Gasteiger partial charge in [-0.15, -0.1) is 0 Å². The number of ether oxygens (including phenoxy) is 1. The van der Waals surface area contributed by atoms with Gasteiger partial charge < -0.3 is 10.5 Å². The van der Waals surface area contributed by atoms with Crippen molar-refractivity contribution in [1.29, 1.82) is 5.26 Å². The van der Waals surface area contributed by atoms with Crippen LogP contribution in [0.25, 0.3) is 22.4 Å². The highest BCUT2D eigenvalue weighted by molar-refractivity contribution is 5.78. The molecule has 2 aromatic carbocycles. The molecule has 2 N–H and O–H groups in total. The molecule has 3 rings (SSSR count). The fraction of sp³-hybridized carbons (Fsp3) is 0.100. The van der Waals surface area contributed by atoms with Crippen LogP contribution < -0.4 is 10.5 Å². The number of aromatic nitrogens is 1. The lowest BCUT2D eigenvalue weighted by Crippen LogP contribution is -1.98. The van der Waals surface area contributed by atoms with Gasteiger partial charge in [0.2, 0.25) is 5.88 Å². The van der Waals surface area contributed by atoms with E-state index in [1.807, 2.05) is 61.5 Å². The second-order valence-corrected chi connectivity index (χ2v) is 5.54. The van der Waals surface area contributed by atoms with E-state index >= 15 is 0 Å². The van der Waals surface area contributed by atoms with E-state index in [1.165, 1.54) is 7.11 Å². The zero-order valence-electron chi connectivity index (χ0n) is 13.6. The monoisotopic (exact) mass is 315 g/mol. The summed E-state index contributed by atoms with van der Waals surface area (Å²) in [6.07, 6.45) is 0. The number of hydrogen-bond acceptors (Lipinski definition) is 4. The number of nitrogen functional groups attached to an aromatic ring is 1. The second-order valence-electron chi connectivity index (χ2n) is 5.54. The summed E-state index contributed by atoms with van der Waals surface area (Å²) in [6.45, 7) is 2.03. The highest BCUT2D eigenvalue weighted by Crippen LogP contribution is 2.33. The average molecular weight is 315 g/mol. The van der Waals surface area contributed by atoms with Gasteiger partial charge in [0.15, 0.2) is 0 Å². The SMILES string of the molecule is COc1nc(-c2ccc(N)cc2)cc(-c2ccc(C)cc2)c1C#N. The third kappa shape index (κ3) is 2.92. The van der Waals surface area contributed by atoms with E-state index in [-0.39, 0.29) is 0 Å². The van der Waals surface area contributed by atoms with Crippen molar-refractivity contribution in [2.45, 2.75) is 6.92 Å². The molecule has 0 amide bonds. The van der Waals surface area contributed by atoms with Gasteiger partial charge >= 0.3 is 0 Å². The van der Waals surface area contributed by atoms with Crippen molar-refractivity contribution in [2.75, 3.05) is 12.8 Å². The van der Waals surface area contributed by atoms with Crippen molar-refractivity contribution in [2.24, 2.45) is 0 Å². The van der Waals surface area contributed by atoms with E-state index in [9.17, 15) is 5.26 Å². The predicted molar refractivity (Wildman–Crippen MR) is 95.5 cm³/mol. The number of nitriles is 1. The number of nitrogens with zero attached hydrogens (tertiary/aromatic N) is 2. The summed E-state index contributed by atoms with van der Waals surface area (Å²) in [5, 5.41) is 9.56. The third-order valence-corrected chi connectivity index (χ3v) is 3.86. The van der Waals surface area contributed by atoms with E-state index < -0.39 is 0 Å². The molecule has 0 bridgehead atoms. The first-order chi connectivity index (χ1) is 11.6. The highest BCUT2D eigenvalue weighted by atomic mass is 16.5. The number of methoxy groups -OCH3 is 1. The number of benzene rings is 2. The van der Waals surface area contributed by atoms with Crippen molar-refractivity contribution in [3.63, 3.8) is 0 Å². The molecular formula is C20H17N3O. The Morgan fingerprint density at radius 1 is 1.00 bits per heavy atom. The van der Waals surface area contributed by atoms with Gasteiger partial charge in [-0.25, -0.2) is 4.98 Å². The molecule has 0 aliphatic heterocycles. The lowest BCUT2D eigenvalue weighted by atomic mass is 9.98. The Morgan fingerprint density at radius 2 is 1.62 bits per heavy atom. The molecule has 0 radical (unpaired) electrons. The Hall–Kier alpha value is -3.32. The Labute approximate surface area is 141 Å². The van der Waals surface area contributed by atoms with E-state index in [1.54, 1.807) is 0 Å². The van der Waals surface area contributed by atoms with Crippen molar-refractivity contribution >= 4 is 5.69 Å². The average Bonchev–Trinajstić information content (AvgIpc) is 2.62. The molecule has 0 atom stereocenters. The van der Waals surface area contributed by atoms with Crippen LogP contribution in [0.5, 0.6) is 5.88 Å². The molecule has 4 nitrogen and oxygen atoms in total. The van der Waals surface area contributed by atoms with Crippen molar-refractivity contribution < 1.29 is 4.74 Å². The van der Waals surface area contributed by atoms with Crippen LogP contribution in [-0.4, -0.2) is 12.1 Å². The normalized spacial score (nSPS) is 10.2. The standard InChI is InChI=1S/C20H17N3O/c1-13-3-5-14(6-4-13)17-11-19(15-7-9-16(22)10-8-15)23-20(24-2)18(17)12-21/h3-11H,22H2,1-2H3. The van der Waals surface area contributed by atoms with Crippen LogP contribution in [0.2, 0.25) is 0 Å². The molecule has 3 aromatic rings. The molecule has 4 heteroatoms.